The zero-order chi connectivity index (χ0) is 21.6. The van der Waals surface area contributed by atoms with E-state index in [2.05, 4.69) is 47.7 Å². The van der Waals surface area contributed by atoms with Gasteiger partial charge in [-0.25, -0.2) is 0 Å². The first kappa shape index (κ1) is 26.3. The summed E-state index contributed by atoms with van der Waals surface area (Å²) in [6.07, 6.45) is -0.104. The van der Waals surface area contributed by atoms with Crippen LogP contribution in [0.5, 0.6) is 0 Å². The van der Waals surface area contributed by atoms with E-state index in [1.54, 1.807) is 6.92 Å². The van der Waals surface area contributed by atoms with Crippen molar-refractivity contribution in [2.24, 2.45) is 17.8 Å². The number of hydrogen-bond acceptors (Lipinski definition) is 5. The Balaban J connectivity index is 5.25. The molecule has 0 saturated heterocycles. The topological polar surface area (TPSA) is 72.8 Å². The van der Waals surface area contributed by atoms with E-state index >= 15 is 0 Å². The summed E-state index contributed by atoms with van der Waals surface area (Å²) in [5.41, 5.74) is 0. The van der Waals surface area contributed by atoms with Crippen LogP contribution in [0.3, 0.4) is 0 Å². The van der Waals surface area contributed by atoms with Crippen LogP contribution >= 0.6 is 0 Å². The first-order valence-electron chi connectivity index (χ1n) is 10.2. The first-order chi connectivity index (χ1) is 12.2. The molecule has 0 saturated carbocycles. The molecular formula is C21H42O5Si. The van der Waals surface area contributed by atoms with Crippen LogP contribution in [-0.4, -0.2) is 44.0 Å². The predicted octanol–water partition coefficient (Wildman–Crippen LogP) is 4.58. The van der Waals surface area contributed by atoms with Gasteiger partial charge in [-0.2, -0.15) is 0 Å². The molecule has 5 nitrogen and oxygen atoms in total. The Morgan fingerprint density at radius 1 is 1.07 bits per heavy atom. The summed E-state index contributed by atoms with van der Waals surface area (Å²) in [6, 6.07) is 0. The highest BCUT2D eigenvalue weighted by molar-refractivity contribution is 6.74. The molecule has 0 rings (SSSR count). The highest BCUT2D eigenvalue weighted by Crippen LogP contribution is 2.40. The number of ketones is 1. The zero-order valence-electron chi connectivity index (χ0n) is 19.1. The molecule has 0 fully saturated rings. The summed E-state index contributed by atoms with van der Waals surface area (Å²) in [5, 5.41) is 10.8. The lowest BCUT2D eigenvalue weighted by Crippen LogP contribution is -2.49. The van der Waals surface area contributed by atoms with Gasteiger partial charge in [-0.15, -0.1) is 0 Å². The summed E-state index contributed by atoms with van der Waals surface area (Å²) in [7, 11) is -2.02. The van der Waals surface area contributed by atoms with Gasteiger partial charge in [-0.3, -0.25) is 9.59 Å². The minimum atomic E-state index is -2.02. The number of carbonyl (C=O) groups is 2. The molecule has 6 heteroatoms. The van der Waals surface area contributed by atoms with E-state index in [1.807, 2.05) is 6.92 Å². The number of hydrogen-bond donors (Lipinski definition) is 1. The molecule has 0 radical (unpaired) electrons. The van der Waals surface area contributed by atoms with Crippen molar-refractivity contribution in [3.05, 3.63) is 0 Å². The van der Waals surface area contributed by atoms with Crippen molar-refractivity contribution in [3.63, 3.8) is 0 Å². The number of rotatable bonds is 11. The van der Waals surface area contributed by atoms with Crippen LogP contribution in [0.25, 0.3) is 0 Å². The van der Waals surface area contributed by atoms with Crippen LogP contribution in [-0.2, 0) is 18.8 Å². The number of Topliss-reactive ketones (excluding diaryl/α,β-unsaturated/α-hetero) is 1. The SMILES string of the molecule is CCOC(=O)C(C)C(=O)CC(O)[C@H](C)[C@@H](O[Si](C)(C)C(C)(C)C)[C@@H](C)CC. The summed E-state index contributed by atoms with van der Waals surface area (Å²) in [5.74, 6) is -1.61. The van der Waals surface area contributed by atoms with Crippen molar-refractivity contribution in [2.45, 2.75) is 98.6 Å². The molecule has 0 aliphatic carbocycles. The summed E-state index contributed by atoms with van der Waals surface area (Å²) in [6.45, 7) is 20.7. The fourth-order valence-corrected chi connectivity index (χ4v) is 4.16. The van der Waals surface area contributed by atoms with E-state index in [1.165, 1.54) is 6.92 Å². The Hall–Kier alpha value is -0.723. The van der Waals surface area contributed by atoms with Crippen molar-refractivity contribution < 1.29 is 23.9 Å². The number of aliphatic hydroxyl groups excluding tert-OH is 1. The standard InChI is InChI=1S/C21H42O5Si/c1-11-14(3)19(26-27(9,10)21(6,7)8)15(4)17(22)13-18(23)16(5)20(24)25-12-2/h14-17,19,22H,11-13H2,1-10H3/t14-,15-,16?,17?,19-/m0/s1. The molecule has 2 unspecified atom stereocenters. The van der Waals surface area contributed by atoms with Crippen molar-refractivity contribution in [3.8, 4) is 0 Å². The minimum Gasteiger partial charge on any atom is -0.465 e. The average Bonchev–Trinajstić information content (AvgIpc) is 2.56. The van der Waals surface area contributed by atoms with Gasteiger partial charge in [0.15, 0.2) is 8.32 Å². The molecule has 0 aliphatic heterocycles. The molecule has 160 valence electrons. The lowest BCUT2D eigenvalue weighted by Gasteiger charge is -2.43. The van der Waals surface area contributed by atoms with Crippen LogP contribution < -0.4 is 0 Å². The van der Waals surface area contributed by atoms with Gasteiger partial charge in [0.25, 0.3) is 0 Å². The second-order valence-electron chi connectivity index (χ2n) is 9.30. The third-order valence-electron chi connectivity index (χ3n) is 6.10. The molecule has 1 N–H and O–H groups in total. The van der Waals surface area contributed by atoms with E-state index in [-0.39, 0.29) is 41.8 Å². The highest BCUT2D eigenvalue weighted by Gasteiger charge is 2.42. The number of esters is 1. The largest absolute Gasteiger partial charge is 0.465 e. The molecule has 5 atom stereocenters. The molecule has 0 heterocycles. The zero-order valence-corrected chi connectivity index (χ0v) is 20.1. The van der Waals surface area contributed by atoms with E-state index in [9.17, 15) is 14.7 Å². The fraction of sp³-hybridized carbons (Fsp3) is 0.905. The lowest BCUT2D eigenvalue weighted by molar-refractivity contribution is -0.151. The Morgan fingerprint density at radius 2 is 1.59 bits per heavy atom. The van der Waals surface area contributed by atoms with Gasteiger partial charge >= 0.3 is 5.97 Å². The second-order valence-corrected chi connectivity index (χ2v) is 14.1. The lowest BCUT2D eigenvalue weighted by atomic mass is 9.85. The van der Waals surface area contributed by atoms with Crippen LogP contribution in [0.1, 0.15) is 68.2 Å². The molecule has 0 amide bonds. The maximum Gasteiger partial charge on any atom is 0.316 e. The Morgan fingerprint density at radius 3 is 2.00 bits per heavy atom. The van der Waals surface area contributed by atoms with Gasteiger partial charge in [-0.05, 0) is 37.9 Å². The van der Waals surface area contributed by atoms with Gasteiger partial charge in [0.2, 0.25) is 0 Å². The molecular weight excluding hydrogens is 360 g/mol. The molecule has 0 aromatic carbocycles. The molecule has 27 heavy (non-hydrogen) atoms. The summed E-state index contributed by atoms with van der Waals surface area (Å²) >= 11 is 0. The monoisotopic (exact) mass is 402 g/mol. The van der Waals surface area contributed by atoms with Gasteiger partial charge in [0, 0.05) is 12.3 Å². The van der Waals surface area contributed by atoms with E-state index in [4.69, 9.17) is 9.16 Å². The maximum atomic E-state index is 12.4. The van der Waals surface area contributed by atoms with Crippen molar-refractivity contribution in [1.82, 2.24) is 0 Å². The Kier molecular flexibility index (Phi) is 10.4. The average molecular weight is 403 g/mol. The van der Waals surface area contributed by atoms with Crippen molar-refractivity contribution >= 4 is 20.1 Å². The van der Waals surface area contributed by atoms with E-state index in [0.29, 0.717) is 0 Å². The minimum absolute atomic E-state index is 0.0606. The number of carbonyl (C=O) groups excluding carboxylic acids is 2. The van der Waals surface area contributed by atoms with Crippen molar-refractivity contribution in [2.75, 3.05) is 6.61 Å². The Labute approximate surface area is 167 Å². The maximum absolute atomic E-state index is 12.4. The highest BCUT2D eigenvalue weighted by atomic mass is 28.4. The second kappa shape index (κ2) is 10.7. The van der Waals surface area contributed by atoms with Gasteiger partial charge in [0.1, 0.15) is 11.7 Å². The van der Waals surface area contributed by atoms with Gasteiger partial charge in [-0.1, -0.05) is 48.0 Å². The van der Waals surface area contributed by atoms with Crippen LogP contribution in [0, 0.1) is 17.8 Å². The molecule has 0 bridgehead atoms. The third kappa shape index (κ3) is 7.66. The molecule has 0 spiro atoms. The number of ether oxygens (including phenoxy) is 1. The van der Waals surface area contributed by atoms with E-state index < -0.39 is 26.3 Å². The Bertz CT molecular complexity index is 483. The molecule has 0 aromatic rings. The summed E-state index contributed by atoms with van der Waals surface area (Å²) in [4.78, 5) is 24.2. The smallest absolute Gasteiger partial charge is 0.316 e. The fourth-order valence-electron chi connectivity index (χ4n) is 2.68. The number of aliphatic hydroxyl groups is 1. The van der Waals surface area contributed by atoms with Crippen LogP contribution in [0.15, 0.2) is 0 Å². The predicted molar refractivity (Wildman–Crippen MR) is 112 cm³/mol. The first-order valence-corrected chi connectivity index (χ1v) is 13.2. The molecule has 0 aliphatic rings. The van der Waals surface area contributed by atoms with Gasteiger partial charge in [0.05, 0.1) is 18.8 Å². The quantitative estimate of drug-likeness (QED) is 0.311. The molecule has 0 aromatic heterocycles. The van der Waals surface area contributed by atoms with Crippen LogP contribution in [0.2, 0.25) is 18.1 Å². The van der Waals surface area contributed by atoms with Crippen molar-refractivity contribution in [1.29, 1.82) is 0 Å². The van der Waals surface area contributed by atoms with Crippen LogP contribution in [0.4, 0.5) is 0 Å². The van der Waals surface area contributed by atoms with Gasteiger partial charge < -0.3 is 14.3 Å². The normalized spacial score (nSPS) is 18.3. The third-order valence-corrected chi connectivity index (χ3v) is 10.6. The summed E-state index contributed by atoms with van der Waals surface area (Å²) < 4.78 is 11.6. The van der Waals surface area contributed by atoms with E-state index in [0.717, 1.165) is 6.42 Å².